The van der Waals surface area contributed by atoms with Gasteiger partial charge in [-0.05, 0) is 18.6 Å². The van der Waals surface area contributed by atoms with E-state index in [-0.39, 0.29) is 11.8 Å². The number of benzene rings is 1. The Labute approximate surface area is 94.8 Å². The summed E-state index contributed by atoms with van der Waals surface area (Å²) in [6, 6.07) is 5.62. The summed E-state index contributed by atoms with van der Waals surface area (Å²) in [5.41, 5.74) is 7.47. The lowest BCUT2D eigenvalue weighted by Gasteiger charge is -2.14. The molecule has 1 heterocycles. The van der Waals surface area contributed by atoms with Crippen LogP contribution in [0, 0.1) is 0 Å². The first-order valence-electron chi connectivity index (χ1n) is 5.49. The summed E-state index contributed by atoms with van der Waals surface area (Å²) in [6.07, 6.45) is 0.532. The Morgan fingerprint density at radius 1 is 1.56 bits per heavy atom. The first-order chi connectivity index (χ1) is 7.70. The molecule has 0 unspecified atom stereocenters. The monoisotopic (exact) mass is 220 g/mol. The van der Waals surface area contributed by atoms with Gasteiger partial charge in [-0.15, -0.1) is 0 Å². The van der Waals surface area contributed by atoms with Gasteiger partial charge >= 0.3 is 0 Å². The highest BCUT2D eigenvalue weighted by atomic mass is 16.5. The predicted octanol–water partition coefficient (Wildman–Crippen LogP) is 1.27. The maximum atomic E-state index is 11.2. The van der Waals surface area contributed by atoms with E-state index < -0.39 is 0 Å². The topological polar surface area (TPSA) is 64.3 Å². The van der Waals surface area contributed by atoms with Crippen molar-refractivity contribution in [2.45, 2.75) is 19.3 Å². The van der Waals surface area contributed by atoms with Gasteiger partial charge in [0, 0.05) is 30.6 Å². The molecule has 2 rings (SSSR count). The Balaban J connectivity index is 2.28. The number of ether oxygens (including phenoxy) is 1. The molecule has 1 saturated heterocycles. The van der Waals surface area contributed by atoms with Crippen LogP contribution in [0.5, 0.6) is 5.75 Å². The van der Waals surface area contributed by atoms with E-state index in [1.807, 2.05) is 25.1 Å². The number of nitrogens with one attached hydrogen (secondary N) is 1. The van der Waals surface area contributed by atoms with Crippen LogP contribution in [0.15, 0.2) is 18.2 Å². The zero-order chi connectivity index (χ0) is 11.5. The van der Waals surface area contributed by atoms with Crippen LogP contribution in [0.3, 0.4) is 0 Å². The molecule has 0 aliphatic carbocycles. The van der Waals surface area contributed by atoms with Crippen molar-refractivity contribution in [1.82, 2.24) is 5.32 Å². The molecule has 4 nitrogen and oxygen atoms in total. The Hall–Kier alpha value is -1.71. The van der Waals surface area contributed by atoms with Crippen molar-refractivity contribution in [3.63, 3.8) is 0 Å². The number of hydrogen-bond donors (Lipinski definition) is 2. The van der Waals surface area contributed by atoms with Crippen LogP contribution < -0.4 is 15.8 Å². The average molecular weight is 220 g/mol. The summed E-state index contributed by atoms with van der Waals surface area (Å²) < 4.78 is 5.55. The third-order valence-electron chi connectivity index (χ3n) is 2.75. The number of carbonyl (C=O) groups is 1. The number of carbonyl (C=O) groups excluding carboxylic acids is 1. The van der Waals surface area contributed by atoms with Crippen molar-refractivity contribution in [3.05, 3.63) is 23.8 Å². The maximum Gasteiger partial charge on any atom is 0.220 e. The number of amides is 1. The van der Waals surface area contributed by atoms with E-state index in [4.69, 9.17) is 10.5 Å². The molecule has 0 radical (unpaired) electrons. The zero-order valence-corrected chi connectivity index (χ0v) is 9.32. The lowest BCUT2D eigenvalue weighted by Crippen LogP contribution is -2.13. The molecule has 16 heavy (non-hydrogen) atoms. The second-order valence-corrected chi connectivity index (χ2v) is 3.94. The van der Waals surface area contributed by atoms with Gasteiger partial charge in [0.1, 0.15) is 5.75 Å². The first-order valence-corrected chi connectivity index (χ1v) is 5.49. The minimum Gasteiger partial charge on any atom is -0.494 e. The van der Waals surface area contributed by atoms with E-state index in [0.29, 0.717) is 25.3 Å². The maximum absolute atomic E-state index is 11.2. The number of rotatable bonds is 3. The summed E-state index contributed by atoms with van der Waals surface area (Å²) in [5, 5.41) is 2.83. The van der Waals surface area contributed by atoms with E-state index in [9.17, 15) is 4.79 Å². The highest BCUT2D eigenvalue weighted by molar-refractivity contribution is 5.79. The van der Waals surface area contributed by atoms with Crippen LogP contribution in [0.1, 0.15) is 24.8 Å². The molecule has 1 amide bonds. The van der Waals surface area contributed by atoms with Crippen LogP contribution in [0.25, 0.3) is 0 Å². The van der Waals surface area contributed by atoms with Gasteiger partial charge in [0.2, 0.25) is 5.91 Å². The smallest absolute Gasteiger partial charge is 0.220 e. The van der Waals surface area contributed by atoms with Gasteiger partial charge in [0.15, 0.2) is 0 Å². The van der Waals surface area contributed by atoms with Crippen LogP contribution in [-0.2, 0) is 4.79 Å². The molecule has 1 fully saturated rings. The number of nitrogens with two attached hydrogens (primary N) is 1. The largest absolute Gasteiger partial charge is 0.494 e. The summed E-state index contributed by atoms with van der Waals surface area (Å²) in [7, 11) is 0. The van der Waals surface area contributed by atoms with E-state index in [1.54, 1.807) is 0 Å². The van der Waals surface area contributed by atoms with E-state index >= 15 is 0 Å². The molecular formula is C12H16N2O2. The number of nitrogen functional groups attached to an aromatic ring is 1. The zero-order valence-electron chi connectivity index (χ0n) is 9.32. The van der Waals surface area contributed by atoms with Crippen molar-refractivity contribution in [1.29, 1.82) is 0 Å². The Bertz CT molecular complexity index is 404. The van der Waals surface area contributed by atoms with Gasteiger partial charge in [-0.25, -0.2) is 0 Å². The van der Waals surface area contributed by atoms with Crippen molar-refractivity contribution >= 4 is 11.6 Å². The second-order valence-electron chi connectivity index (χ2n) is 3.94. The van der Waals surface area contributed by atoms with E-state index in [2.05, 4.69) is 5.32 Å². The molecule has 0 saturated carbocycles. The molecule has 0 bridgehead atoms. The van der Waals surface area contributed by atoms with Gasteiger partial charge in [-0.3, -0.25) is 4.79 Å². The lowest BCUT2D eigenvalue weighted by atomic mass is 9.97. The van der Waals surface area contributed by atoms with Crippen LogP contribution in [-0.4, -0.2) is 19.1 Å². The van der Waals surface area contributed by atoms with Gasteiger partial charge in [-0.1, -0.05) is 6.07 Å². The minimum atomic E-state index is 0.101. The molecule has 3 N–H and O–H groups in total. The molecule has 1 aliphatic heterocycles. The predicted molar refractivity (Wildman–Crippen MR) is 62.4 cm³/mol. The molecule has 4 heteroatoms. The molecule has 1 atom stereocenters. The molecule has 1 aromatic rings. The fraction of sp³-hybridized carbons (Fsp3) is 0.417. The van der Waals surface area contributed by atoms with Crippen molar-refractivity contribution in [2.75, 3.05) is 18.9 Å². The van der Waals surface area contributed by atoms with E-state index in [1.165, 1.54) is 0 Å². The van der Waals surface area contributed by atoms with Gasteiger partial charge in [0.05, 0.1) is 6.61 Å². The highest BCUT2D eigenvalue weighted by Crippen LogP contribution is 2.32. The Morgan fingerprint density at radius 2 is 2.38 bits per heavy atom. The lowest BCUT2D eigenvalue weighted by molar-refractivity contribution is -0.119. The number of anilines is 1. The van der Waals surface area contributed by atoms with Crippen LogP contribution in [0.2, 0.25) is 0 Å². The Kier molecular flexibility index (Phi) is 2.99. The summed E-state index contributed by atoms with van der Waals surface area (Å²) in [6.45, 7) is 3.22. The third kappa shape index (κ3) is 2.10. The van der Waals surface area contributed by atoms with Crippen LogP contribution in [0.4, 0.5) is 5.69 Å². The second kappa shape index (κ2) is 4.43. The summed E-state index contributed by atoms with van der Waals surface area (Å²) >= 11 is 0. The van der Waals surface area contributed by atoms with Crippen LogP contribution >= 0.6 is 0 Å². The van der Waals surface area contributed by atoms with Gasteiger partial charge < -0.3 is 15.8 Å². The normalized spacial score (nSPS) is 19.6. The van der Waals surface area contributed by atoms with Gasteiger partial charge in [-0.2, -0.15) is 0 Å². The minimum absolute atomic E-state index is 0.101. The highest BCUT2D eigenvalue weighted by Gasteiger charge is 2.25. The number of hydrogen-bond acceptors (Lipinski definition) is 3. The molecule has 86 valence electrons. The summed E-state index contributed by atoms with van der Waals surface area (Å²) in [4.78, 5) is 11.2. The van der Waals surface area contributed by atoms with Crippen molar-refractivity contribution in [3.8, 4) is 5.75 Å². The van der Waals surface area contributed by atoms with Crippen molar-refractivity contribution in [2.24, 2.45) is 0 Å². The SMILES string of the molecule is CCOc1cc(N)ccc1[C@@H]1CNC(=O)C1. The molecular weight excluding hydrogens is 204 g/mol. The summed E-state index contributed by atoms with van der Waals surface area (Å²) in [5.74, 6) is 1.10. The quantitative estimate of drug-likeness (QED) is 0.754. The van der Waals surface area contributed by atoms with E-state index in [0.717, 1.165) is 11.3 Å². The Morgan fingerprint density at radius 3 is 3.00 bits per heavy atom. The fourth-order valence-electron chi connectivity index (χ4n) is 1.99. The van der Waals surface area contributed by atoms with Crippen molar-refractivity contribution < 1.29 is 9.53 Å². The molecule has 1 aromatic carbocycles. The van der Waals surface area contributed by atoms with Gasteiger partial charge in [0.25, 0.3) is 0 Å². The standard InChI is InChI=1S/C12H16N2O2/c1-2-16-11-6-9(13)3-4-10(11)8-5-12(15)14-7-8/h3-4,6,8H,2,5,7,13H2,1H3,(H,14,15)/t8-/m0/s1. The first kappa shape index (κ1) is 10.8. The molecule has 1 aliphatic rings. The third-order valence-corrected chi connectivity index (χ3v) is 2.75. The molecule has 0 aromatic heterocycles. The fourth-order valence-corrected chi connectivity index (χ4v) is 1.99. The average Bonchev–Trinajstić information content (AvgIpc) is 2.65. The molecule has 0 spiro atoms.